The Bertz CT molecular complexity index is 129. The molecule has 1 fully saturated rings. The number of ether oxygens (including phenoxy) is 1. The average molecular weight is 134 g/mol. The highest BCUT2D eigenvalue weighted by molar-refractivity contribution is 4.97. The Kier molecular flexibility index (Phi) is 1.13. The van der Waals surface area contributed by atoms with Gasteiger partial charge >= 0.3 is 0 Å². The largest absolute Gasteiger partial charge is 0.379 e. The fourth-order valence-electron chi connectivity index (χ4n) is 0.622. The molecule has 0 aliphatic carbocycles. The van der Waals surface area contributed by atoms with Crippen LogP contribution in [0.2, 0.25) is 0 Å². The van der Waals surface area contributed by atoms with E-state index in [-0.39, 0.29) is 0 Å². The van der Waals surface area contributed by atoms with Crippen LogP contribution in [0.4, 0.5) is 0 Å². The summed E-state index contributed by atoms with van der Waals surface area (Å²) in [4.78, 5) is 0. The van der Waals surface area contributed by atoms with Crippen LogP contribution in [0.15, 0.2) is 0 Å². The van der Waals surface area contributed by atoms with Gasteiger partial charge in [0.1, 0.15) is 0 Å². The summed E-state index contributed by atoms with van der Waals surface area (Å²) >= 11 is 0. The van der Waals surface area contributed by atoms with E-state index in [0.717, 1.165) is 0 Å². The van der Waals surface area contributed by atoms with Gasteiger partial charge in [-0.3, -0.25) is 0 Å². The standard InChI is InChI=1S/C5H10O4/c1-4(7)3(6)9-5(4,2)8/h3,6-8H,1-2H3. The van der Waals surface area contributed by atoms with E-state index in [4.69, 9.17) is 15.3 Å². The predicted octanol–water partition coefficient (Wildman–Crippen LogP) is -1.21. The monoisotopic (exact) mass is 134 g/mol. The molecule has 1 aliphatic heterocycles. The van der Waals surface area contributed by atoms with Gasteiger partial charge in [0, 0.05) is 0 Å². The Morgan fingerprint density at radius 1 is 1.33 bits per heavy atom. The van der Waals surface area contributed by atoms with Crippen molar-refractivity contribution in [3.63, 3.8) is 0 Å². The summed E-state index contributed by atoms with van der Waals surface area (Å²) in [5, 5.41) is 26.7. The molecule has 0 aromatic heterocycles. The first kappa shape index (κ1) is 6.95. The van der Waals surface area contributed by atoms with Crippen molar-refractivity contribution in [2.75, 3.05) is 0 Å². The number of hydrogen-bond donors (Lipinski definition) is 3. The van der Waals surface area contributed by atoms with Gasteiger partial charge in [-0.1, -0.05) is 0 Å². The van der Waals surface area contributed by atoms with Gasteiger partial charge in [0.05, 0.1) is 0 Å². The molecule has 0 amide bonds. The van der Waals surface area contributed by atoms with Crippen molar-refractivity contribution in [3.05, 3.63) is 0 Å². The minimum atomic E-state index is -1.60. The van der Waals surface area contributed by atoms with Gasteiger partial charge in [0.15, 0.2) is 17.7 Å². The van der Waals surface area contributed by atoms with E-state index >= 15 is 0 Å². The zero-order valence-corrected chi connectivity index (χ0v) is 5.33. The second-order valence-electron chi connectivity index (χ2n) is 2.60. The van der Waals surface area contributed by atoms with Gasteiger partial charge in [-0.2, -0.15) is 0 Å². The molecule has 9 heavy (non-hydrogen) atoms. The summed E-state index contributed by atoms with van der Waals surface area (Å²) in [6.07, 6.45) is -1.27. The highest BCUT2D eigenvalue weighted by Crippen LogP contribution is 2.38. The Morgan fingerprint density at radius 3 is 1.78 bits per heavy atom. The number of rotatable bonds is 0. The van der Waals surface area contributed by atoms with E-state index < -0.39 is 17.7 Å². The fourth-order valence-corrected chi connectivity index (χ4v) is 0.622. The lowest BCUT2D eigenvalue weighted by atomic mass is 9.90. The molecule has 4 nitrogen and oxygen atoms in total. The lowest BCUT2D eigenvalue weighted by Gasteiger charge is -2.51. The van der Waals surface area contributed by atoms with Gasteiger partial charge in [0.25, 0.3) is 0 Å². The van der Waals surface area contributed by atoms with Gasteiger partial charge in [-0.15, -0.1) is 0 Å². The van der Waals surface area contributed by atoms with Crippen LogP contribution in [0, 0.1) is 0 Å². The third kappa shape index (κ3) is 0.679. The number of hydrogen-bond acceptors (Lipinski definition) is 4. The zero-order chi connectivity index (χ0) is 7.28. The summed E-state index contributed by atoms with van der Waals surface area (Å²) < 4.78 is 4.40. The molecule has 1 heterocycles. The molecule has 3 unspecified atom stereocenters. The number of aliphatic hydroxyl groups is 3. The van der Waals surface area contributed by atoms with Crippen LogP contribution in [-0.2, 0) is 4.74 Å². The SMILES string of the molecule is CC1(O)OC(O)C1(C)O. The van der Waals surface area contributed by atoms with Crippen molar-refractivity contribution in [1.82, 2.24) is 0 Å². The maximum Gasteiger partial charge on any atom is 0.199 e. The van der Waals surface area contributed by atoms with Gasteiger partial charge in [-0.25, -0.2) is 0 Å². The van der Waals surface area contributed by atoms with Crippen LogP contribution < -0.4 is 0 Å². The van der Waals surface area contributed by atoms with Crippen molar-refractivity contribution in [2.45, 2.75) is 31.5 Å². The van der Waals surface area contributed by atoms with Crippen molar-refractivity contribution in [3.8, 4) is 0 Å². The molecular weight excluding hydrogens is 124 g/mol. The Hall–Kier alpha value is -0.160. The van der Waals surface area contributed by atoms with Crippen LogP contribution in [0.3, 0.4) is 0 Å². The molecule has 1 saturated heterocycles. The summed E-state index contributed by atoms with van der Waals surface area (Å²) in [6, 6.07) is 0. The van der Waals surface area contributed by atoms with Crippen molar-refractivity contribution in [2.24, 2.45) is 0 Å². The number of aliphatic hydroxyl groups excluding tert-OH is 1. The highest BCUT2D eigenvalue weighted by atomic mass is 16.8. The van der Waals surface area contributed by atoms with Crippen molar-refractivity contribution >= 4 is 0 Å². The lowest BCUT2D eigenvalue weighted by molar-refractivity contribution is -0.467. The molecule has 0 aromatic carbocycles. The molecule has 0 bridgehead atoms. The molecule has 54 valence electrons. The molecular formula is C5H10O4. The second kappa shape index (κ2) is 1.46. The van der Waals surface area contributed by atoms with Crippen molar-refractivity contribution in [1.29, 1.82) is 0 Å². The Balaban J connectivity index is 2.70. The third-order valence-electron chi connectivity index (χ3n) is 1.76. The Morgan fingerprint density at radius 2 is 1.78 bits per heavy atom. The maximum absolute atomic E-state index is 9.08. The van der Waals surface area contributed by atoms with Gasteiger partial charge in [-0.05, 0) is 13.8 Å². The normalized spacial score (nSPS) is 59.0. The summed E-state index contributed by atoms with van der Waals surface area (Å²) in [5.41, 5.74) is -1.53. The lowest BCUT2D eigenvalue weighted by Crippen LogP contribution is -2.71. The molecule has 1 aliphatic rings. The fraction of sp³-hybridized carbons (Fsp3) is 1.00. The van der Waals surface area contributed by atoms with E-state index in [9.17, 15) is 0 Å². The predicted molar refractivity (Wildman–Crippen MR) is 28.3 cm³/mol. The molecule has 0 spiro atoms. The van der Waals surface area contributed by atoms with E-state index in [2.05, 4.69) is 4.74 Å². The van der Waals surface area contributed by atoms with Crippen molar-refractivity contribution < 1.29 is 20.1 Å². The van der Waals surface area contributed by atoms with Crippen LogP contribution in [0.1, 0.15) is 13.8 Å². The molecule has 0 saturated carbocycles. The Labute approximate surface area is 52.7 Å². The second-order valence-corrected chi connectivity index (χ2v) is 2.60. The summed E-state index contributed by atoms with van der Waals surface area (Å²) in [7, 11) is 0. The molecule has 0 radical (unpaired) electrons. The van der Waals surface area contributed by atoms with E-state index in [1.54, 1.807) is 0 Å². The van der Waals surface area contributed by atoms with Gasteiger partial charge < -0.3 is 20.1 Å². The average Bonchev–Trinajstić information content (AvgIpc) is 1.65. The minimum absolute atomic E-state index is 1.27. The first-order valence-corrected chi connectivity index (χ1v) is 2.68. The summed E-state index contributed by atoms with van der Waals surface area (Å²) in [6.45, 7) is 2.60. The third-order valence-corrected chi connectivity index (χ3v) is 1.76. The van der Waals surface area contributed by atoms with Crippen LogP contribution >= 0.6 is 0 Å². The quantitative estimate of drug-likeness (QED) is 0.389. The summed E-state index contributed by atoms with van der Waals surface area (Å²) in [5.74, 6) is -1.60. The molecule has 3 atom stereocenters. The molecule has 3 N–H and O–H groups in total. The van der Waals surface area contributed by atoms with E-state index in [0.29, 0.717) is 0 Å². The smallest absolute Gasteiger partial charge is 0.199 e. The van der Waals surface area contributed by atoms with E-state index in [1.807, 2.05) is 0 Å². The van der Waals surface area contributed by atoms with Gasteiger partial charge in [0.2, 0.25) is 0 Å². The minimum Gasteiger partial charge on any atom is -0.379 e. The van der Waals surface area contributed by atoms with Crippen LogP contribution in [-0.4, -0.2) is 33.0 Å². The van der Waals surface area contributed by atoms with Crippen LogP contribution in [0.25, 0.3) is 0 Å². The maximum atomic E-state index is 9.08. The van der Waals surface area contributed by atoms with Crippen LogP contribution in [0.5, 0.6) is 0 Å². The molecule has 4 heteroatoms. The topological polar surface area (TPSA) is 69.9 Å². The molecule has 1 rings (SSSR count). The van der Waals surface area contributed by atoms with E-state index in [1.165, 1.54) is 13.8 Å². The first-order valence-electron chi connectivity index (χ1n) is 2.68. The zero-order valence-electron chi connectivity index (χ0n) is 5.33. The molecule has 0 aromatic rings. The first-order chi connectivity index (χ1) is 3.88. The highest BCUT2D eigenvalue weighted by Gasteiger charge is 2.60.